The summed E-state index contributed by atoms with van der Waals surface area (Å²) in [7, 11) is 0. The van der Waals surface area contributed by atoms with E-state index in [0.29, 0.717) is 28.1 Å². The second-order valence-electron chi connectivity index (χ2n) is 16.4. The minimum atomic E-state index is -0.704. The van der Waals surface area contributed by atoms with Crippen molar-refractivity contribution in [3.63, 3.8) is 0 Å². The van der Waals surface area contributed by atoms with Crippen LogP contribution in [0.3, 0.4) is 0 Å². The first-order valence-corrected chi connectivity index (χ1v) is 21.6. The zero-order valence-corrected chi connectivity index (χ0v) is 35.2. The van der Waals surface area contributed by atoms with Gasteiger partial charge in [0.1, 0.15) is 11.6 Å². The van der Waals surface area contributed by atoms with E-state index in [1.165, 1.54) is 12.1 Å². The molecule has 12 rings (SSSR count). The highest BCUT2D eigenvalue weighted by molar-refractivity contribution is 6.13. The maximum Gasteiger partial charge on any atom is 0.126 e. The van der Waals surface area contributed by atoms with E-state index >= 15 is 8.78 Å². The van der Waals surface area contributed by atoms with Crippen molar-refractivity contribution >= 4 is 43.6 Å². The van der Waals surface area contributed by atoms with Gasteiger partial charge in [-0.2, -0.15) is 5.26 Å². The van der Waals surface area contributed by atoms with Crippen molar-refractivity contribution in [3.8, 4) is 73.3 Å². The van der Waals surface area contributed by atoms with E-state index in [1.54, 1.807) is 0 Å². The Labute approximate surface area is 378 Å². The van der Waals surface area contributed by atoms with Crippen molar-refractivity contribution in [2.75, 3.05) is 0 Å². The minimum Gasteiger partial charge on any atom is -0.308 e. The van der Waals surface area contributed by atoms with Gasteiger partial charge in [-0.3, -0.25) is 9.97 Å². The number of pyridine rings is 2. The van der Waals surface area contributed by atoms with Gasteiger partial charge in [-0.05, 0) is 113 Å². The summed E-state index contributed by atoms with van der Waals surface area (Å²) in [6.45, 7) is 0. The van der Waals surface area contributed by atoms with Gasteiger partial charge in [0, 0.05) is 56.7 Å². The van der Waals surface area contributed by atoms with Gasteiger partial charge in [0.15, 0.2) is 0 Å². The zero-order chi connectivity index (χ0) is 44.3. The number of benzene rings is 8. The van der Waals surface area contributed by atoms with E-state index in [2.05, 4.69) is 110 Å². The van der Waals surface area contributed by atoms with E-state index in [-0.39, 0.29) is 0 Å². The molecule has 0 saturated heterocycles. The van der Waals surface area contributed by atoms with Gasteiger partial charge in [0.05, 0.1) is 56.5 Å². The van der Waals surface area contributed by atoms with Crippen molar-refractivity contribution in [2.45, 2.75) is 0 Å². The molecule has 0 spiro atoms. The fourth-order valence-corrected chi connectivity index (χ4v) is 9.60. The Bertz CT molecular complexity index is 3680. The van der Waals surface area contributed by atoms with Gasteiger partial charge in [-0.25, -0.2) is 8.78 Å². The number of halogens is 2. The van der Waals surface area contributed by atoms with Crippen LogP contribution in [0.2, 0.25) is 0 Å². The molecular weight excluding hydrogens is 817 g/mol. The Balaban J connectivity index is 1.11. The lowest BCUT2D eigenvalue weighted by atomic mass is 9.97. The largest absolute Gasteiger partial charge is 0.308 e. The summed E-state index contributed by atoms with van der Waals surface area (Å²) in [5.41, 5.74) is 13.9. The van der Waals surface area contributed by atoms with Crippen LogP contribution in [0, 0.1) is 23.0 Å². The highest BCUT2D eigenvalue weighted by Gasteiger charge is 2.24. The molecule has 8 aromatic carbocycles. The lowest BCUT2D eigenvalue weighted by molar-refractivity contribution is 0.584. The number of hydrogen-bond donors (Lipinski definition) is 0. The number of nitriles is 1. The second kappa shape index (κ2) is 15.7. The number of fused-ring (bicyclic) bond motifs is 6. The predicted octanol–water partition coefficient (Wildman–Crippen LogP) is 15.2. The van der Waals surface area contributed by atoms with Crippen LogP contribution in [-0.2, 0) is 0 Å². The third-order valence-electron chi connectivity index (χ3n) is 12.5. The topological polar surface area (TPSA) is 59.4 Å². The third-order valence-corrected chi connectivity index (χ3v) is 12.5. The Morgan fingerprint density at radius 2 is 0.788 bits per heavy atom. The van der Waals surface area contributed by atoms with Crippen LogP contribution >= 0.6 is 0 Å². The molecule has 7 heteroatoms. The summed E-state index contributed by atoms with van der Waals surface area (Å²) in [4.78, 5) is 9.34. The highest BCUT2D eigenvalue weighted by atomic mass is 19.1. The molecule has 310 valence electrons. The number of aromatic nitrogens is 4. The van der Waals surface area contributed by atoms with Crippen molar-refractivity contribution in [3.05, 3.63) is 230 Å². The Hall–Kier alpha value is -8.99. The Kier molecular flexibility index (Phi) is 9.18. The second-order valence-corrected chi connectivity index (χ2v) is 16.4. The van der Waals surface area contributed by atoms with Crippen molar-refractivity contribution in [2.24, 2.45) is 0 Å². The first kappa shape index (κ1) is 38.7. The minimum absolute atomic E-state index is 0.336. The zero-order valence-electron chi connectivity index (χ0n) is 35.2. The molecule has 0 unspecified atom stereocenters. The molecule has 12 aromatic rings. The van der Waals surface area contributed by atoms with Crippen LogP contribution in [-0.4, -0.2) is 19.1 Å². The summed E-state index contributed by atoms with van der Waals surface area (Å²) >= 11 is 0. The number of hydrogen-bond acceptors (Lipinski definition) is 3. The van der Waals surface area contributed by atoms with E-state index < -0.39 is 11.6 Å². The molecule has 0 fully saturated rings. The van der Waals surface area contributed by atoms with E-state index in [0.717, 1.165) is 94.4 Å². The van der Waals surface area contributed by atoms with Crippen molar-refractivity contribution < 1.29 is 8.78 Å². The standard InChI is InChI=1S/C59H35F2N5/c60-45-29-44(30-46(61)35-45)59-57(65-53-17-9-7-15-47(53)49-31-40(19-21-55(49)65)42-23-25-63-51(33-42)38-11-3-1-4-12-38)27-37(36-62)28-58(59)66-54-18-10-8-16-48(54)50-32-41(20-22-56(50)66)43-24-26-64-52(34-43)39-13-5-2-6-14-39/h1-35H. The Morgan fingerprint density at radius 3 is 1.26 bits per heavy atom. The van der Waals surface area contributed by atoms with Crippen molar-refractivity contribution in [1.29, 1.82) is 5.26 Å². The molecule has 4 heterocycles. The van der Waals surface area contributed by atoms with Crippen LogP contribution in [0.5, 0.6) is 0 Å². The molecule has 0 aliphatic heterocycles. The van der Waals surface area contributed by atoms with E-state index in [9.17, 15) is 5.26 Å². The van der Waals surface area contributed by atoms with E-state index in [4.69, 9.17) is 0 Å². The lowest BCUT2D eigenvalue weighted by Crippen LogP contribution is -2.05. The van der Waals surface area contributed by atoms with Gasteiger partial charge in [0.25, 0.3) is 0 Å². The number of rotatable bonds is 7. The molecule has 0 radical (unpaired) electrons. The maximum atomic E-state index is 15.6. The van der Waals surface area contributed by atoms with Gasteiger partial charge >= 0.3 is 0 Å². The first-order valence-electron chi connectivity index (χ1n) is 21.6. The van der Waals surface area contributed by atoms with Gasteiger partial charge in [-0.1, -0.05) is 109 Å². The fourth-order valence-electron chi connectivity index (χ4n) is 9.60. The monoisotopic (exact) mass is 851 g/mol. The predicted molar refractivity (Wildman–Crippen MR) is 263 cm³/mol. The summed E-state index contributed by atoms with van der Waals surface area (Å²) in [5, 5.41) is 14.8. The molecule has 0 atom stereocenters. The molecule has 0 aliphatic rings. The summed E-state index contributed by atoms with van der Waals surface area (Å²) < 4.78 is 35.4. The molecular formula is C59H35F2N5. The van der Waals surface area contributed by atoms with Crippen LogP contribution in [0.25, 0.3) is 111 Å². The molecule has 0 amide bonds. The maximum absolute atomic E-state index is 15.6. The van der Waals surface area contributed by atoms with Crippen LogP contribution in [0.1, 0.15) is 5.56 Å². The molecule has 0 bridgehead atoms. The fraction of sp³-hybridized carbons (Fsp3) is 0. The SMILES string of the molecule is N#Cc1cc(-n2c3ccccc3c3cc(-c4ccnc(-c5ccccc5)c4)ccc32)c(-c2cc(F)cc(F)c2)c(-n2c3ccccc3c3cc(-c4ccnc(-c5ccccc5)c4)ccc32)c1. The third kappa shape index (κ3) is 6.51. The smallest absolute Gasteiger partial charge is 0.126 e. The van der Waals surface area contributed by atoms with Crippen molar-refractivity contribution in [1.82, 2.24) is 19.1 Å². The first-order chi connectivity index (χ1) is 32.5. The average molecular weight is 852 g/mol. The highest BCUT2D eigenvalue weighted by Crippen LogP contribution is 2.44. The molecule has 0 aliphatic carbocycles. The van der Waals surface area contributed by atoms with Gasteiger partial charge in [0.2, 0.25) is 0 Å². The Morgan fingerprint density at radius 1 is 0.364 bits per heavy atom. The van der Waals surface area contributed by atoms with Crippen LogP contribution in [0.4, 0.5) is 8.78 Å². The number of para-hydroxylation sites is 2. The van der Waals surface area contributed by atoms with E-state index in [1.807, 2.05) is 109 Å². The molecule has 66 heavy (non-hydrogen) atoms. The quantitative estimate of drug-likeness (QED) is 0.160. The summed E-state index contributed by atoms with van der Waals surface area (Å²) in [6, 6.07) is 67.2. The van der Waals surface area contributed by atoms with Crippen LogP contribution < -0.4 is 0 Å². The normalized spacial score (nSPS) is 11.5. The van der Waals surface area contributed by atoms with Gasteiger partial charge in [-0.15, -0.1) is 0 Å². The molecule has 4 aromatic heterocycles. The molecule has 0 saturated carbocycles. The number of nitrogens with zero attached hydrogens (tertiary/aromatic N) is 5. The molecule has 5 nitrogen and oxygen atoms in total. The van der Waals surface area contributed by atoms with Gasteiger partial charge < -0.3 is 9.13 Å². The van der Waals surface area contributed by atoms with Crippen LogP contribution in [0.15, 0.2) is 213 Å². The lowest BCUT2D eigenvalue weighted by Gasteiger charge is -2.21. The average Bonchev–Trinajstić information content (AvgIpc) is 3.88. The molecule has 0 N–H and O–H groups in total. The summed E-state index contributed by atoms with van der Waals surface area (Å²) in [5.74, 6) is -1.41. The summed E-state index contributed by atoms with van der Waals surface area (Å²) in [6.07, 6.45) is 3.67.